The first-order valence-electron chi connectivity index (χ1n) is 5.68. The van der Waals surface area contributed by atoms with Crippen LogP contribution in [0.15, 0.2) is 24.3 Å². The van der Waals surface area contributed by atoms with Crippen molar-refractivity contribution < 1.29 is 14.3 Å². The summed E-state index contributed by atoms with van der Waals surface area (Å²) in [6.07, 6.45) is 0.399. The molecule has 1 aromatic rings. The summed E-state index contributed by atoms with van der Waals surface area (Å²) in [6.45, 7) is 2.89. The fourth-order valence-electron chi connectivity index (χ4n) is 1.46. The van der Waals surface area contributed by atoms with Crippen LogP contribution in [-0.4, -0.2) is 33.3 Å². The molecule has 0 aliphatic heterocycles. The molecule has 0 bridgehead atoms. The van der Waals surface area contributed by atoms with Crippen molar-refractivity contribution >= 4 is 11.7 Å². The maximum absolute atomic E-state index is 11.2. The molecule has 4 heteroatoms. The lowest BCUT2D eigenvalue weighted by molar-refractivity contribution is -0.142. The highest BCUT2D eigenvalue weighted by atomic mass is 16.5. The molecule has 17 heavy (non-hydrogen) atoms. The van der Waals surface area contributed by atoms with Crippen LogP contribution in [0.4, 0.5) is 5.69 Å². The number of ether oxygens (including phenoxy) is 2. The molecule has 0 spiro atoms. The van der Waals surface area contributed by atoms with Gasteiger partial charge in [0.05, 0.1) is 20.1 Å². The van der Waals surface area contributed by atoms with Crippen LogP contribution in [0.2, 0.25) is 0 Å². The van der Waals surface area contributed by atoms with Crippen molar-refractivity contribution in [2.75, 3.05) is 32.2 Å². The van der Waals surface area contributed by atoms with Gasteiger partial charge in [-0.05, 0) is 31.2 Å². The molecule has 0 saturated carbocycles. The van der Waals surface area contributed by atoms with Crippen molar-refractivity contribution in [3.8, 4) is 5.75 Å². The second kappa shape index (κ2) is 6.78. The highest BCUT2D eigenvalue weighted by molar-refractivity contribution is 5.70. The number of hydrogen-bond donors (Lipinski definition) is 0. The van der Waals surface area contributed by atoms with Crippen LogP contribution in [0.5, 0.6) is 5.75 Å². The minimum atomic E-state index is -0.159. The zero-order valence-corrected chi connectivity index (χ0v) is 10.6. The Kier molecular flexibility index (Phi) is 5.33. The van der Waals surface area contributed by atoms with Gasteiger partial charge in [0.15, 0.2) is 0 Å². The largest absolute Gasteiger partial charge is 0.497 e. The number of carbonyl (C=O) groups excluding carboxylic acids is 1. The molecule has 94 valence electrons. The molecule has 0 fully saturated rings. The first-order valence-corrected chi connectivity index (χ1v) is 5.68. The van der Waals surface area contributed by atoms with Gasteiger partial charge in [-0.25, -0.2) is 0 Å². The normalized spacial score (nSPS) is 9.82. The number of carbonyl (C=O) groups is 1. The Bertz CT molecular complexity index is 348. The van der Waals surface area contributed by atoms with Crippen LogP contribution >= 0.6 is 0 Å². The number of anilines is 1. The Balaban J connectivity index is 2.46. The molecule has 1 aromatic carbocycles. The number of hydrogen-bond acceptors (Lipinski definition) is 4. The van der Waals surface area contributed by atoms with Crippen LogP contribution in [0.25, 0.3) is 0 Å². The summed E-state index contributed by atoms with van der Waals surface area (Å²) in [6, 6.07) is 7.72. The highest BCUT2D eigenvalue weighted by Crippen LogP contribution is 2.18. The van der Waals surface area contributed by atoms with Gasteiger partial charge in [0.25, 0.3) is 0 Å². The average Bonchev–Trinajstić information content (AvgIpc) is 2.36. The molecule has 0 N–H and O–H groups in total. The molecule has 1 rings (SSSR count). The van der Waals surface area contributed by atoms with Gasteiger partial charge in [-0.15, -0.1) is 0 Å². The van der Waals surface area contributed by atoms with Crippen LogP contribution in [0.3, 0.4) is 0 Å². The number of rotatable bonds is 6. The number of benzene rings is 1. The summed E-state index contributed by atoms with van der Waals surface area (Å²) in [7, 11) is 3.58. The molecule has 0 radical (unpaired) electrons. The van der Waals surface area contributed by atoms with Gasteiger partial charge in [0.2, 0.25) is 0 Å². The Hall–Kier alpha value is -1.71. The second-order valence-electron chi connectivity index (χ2n) is 3.67. The summed E-state index contributed by atoms with van der Waals surface area (Å²) in [4.78, 5) is 13.2. The van der Waals surface area contributed by atoms with E-state index in [9.17, 15) is 4.79 Å². The van der Waals surface area contributed by atoms with Crippen molar-refractivity contribution in [1.82, 2.24) is 0 Å². The van der Waals surface area contributed by atoms with E-state index < -0.39 is 0 Å². The monoisotopic (exact) mass is 237 g/mol. The lowest BCUT2D eigenvalue weighted by Crippen LogP contribution is -2.21. The van der Waals surface area contributed by atoms with E-state index in [1.165, 1.54) is 0 Å². The molecular weight excluding hydrogens is 218 g/mol. The molecule has 0 amide bonds. The second-order valence-corrected chi connectivity index (χ2v) is 3.67. The number of nitrogens with zero attached hydrogens (tertiary/aromatic N) is 1. The van der Waals surface area contributed by atoms with Crippen molar-refractivity contribution in [2.24, 2.45) is 0 Å². The Labute approximate surface area is 102 Å². The topological polar surface area (TPSA) is 38.8 Å². The van der Waals surface area contributed by atoms with Gasteiger partial charge in [-0.3, -0.25) is 4.79 Å². The van der Waals surface area contributed by atoms with E-state index in [0.29, 0.717) is 19.6 Å². The summed E-state index contributed by atoms with van der Waals surface area (Å²) in [5, 5.41) is 0. The Morgan fingerprint density at radius 3 is 2.47 bits per heavy atom. The lowest BCUT2D eigenvalue weighted by Gasteiger charge is -2.18. The maximum atomic E-state index is 11.2. The molecule has 0 unspecified atom stereocenters. The molecule has 0 heterocycles. The van der Waals surface area contributed by atoms with Crippen molar-refractivity contribution in [2.45, 2.75) is 13.3 Å². The van der Waals surface area contributed by atoms with Gasteiger partial charge in [0.1, 0.15) is 5.75 Å². The highest BCUT2D eigenvalue weighted by Gasteiger charge is 2.05. The van der Waals surface area contributed by atoms with Crippen molar-refractivity contribution in [3.63, 3.8) is 0 Å². The predicted molar refractivity (Wildman–Crippen MR) is 67.5 cm³/mol. The van der Waals surface area contributed by atoms with E-state index >= 15 is 0 Å². The molecular formula is C13H19NO3. The van der Waals surface area contributed by atoms with E-state index in [4.69, 9.17) is 9.47 Å². The zero-order chi connectivity index (χ0) is 12.7. The standard InChI is InChI=1S/C13H19NO3/c1-4-17-13(15)9-10-14(2)11-5-7-12(16-3)8-6-11/h5-8H,4,9-10H2,1-3H3. The molecule has 0 aliphatic carbocycles. The van der Waals surface area contributed by atoms with Crippen molar-refractivity contribution in [1.29, 1.82) is 0 Å². The molecule has 0 aromatic heterocycles. The molecule has 0 atom stereocenters. The predicted octanol–water partition coefficient (Wildman–Crippen LogP) is 2.08. The van der Waals surface area contributed by atoms with E-state index in [0.717, 1.165) is 11.4 Å². The molecule has 4 nitrogen and oxygen atoms in total. The fraction of sp³-hybridized carbons (Fsp3) is 0.462. The summed E-state index contributed by atoms with van der Waals surface area (Å²) in [5.41, 5.74) is 1.05. The summed E-state index contributed by atoms with van der Waals surface area (Å²) in [5.74, 6) is 0.667. The third kappa shape index (κ3) is 4.34. The SMILES string of the molecule is CCOC(=O)CCN(C)c1ccc(OC)cc1. The van der Waals surface area contributed by atoms with Crippen LogP contribution in [-0.2, 0) is 9.53 Å². The summed E-state index contributed by atoms with van der Waals surface area (Å²) >= 11 is 0. The Morgan fingerprint density at radius 1 is 1.29 bits per heavy atom. The van der Waals surface area contributed by atoms with Gasteiger partial charge >= 0.3 is 5.97 Å². The smallest absolute Gasteiger partial charge is 0.307 e. The van der Waals surface area contributed by atoms with Gasteiger partial charge in [-0.2, -0.15) is 0 Å². The summed E-state index contributed by atoms with van der Waals surface area (Å²) < 4.78 is 9.97. The quantitative estimate of drug-likeness (QED) is 0.710. The molecule has 0 saturated heterocycles. The molecule has 0 aliphatic rings. The lowest BCUT2D eigenvalue weighted by atomic mass is 10.2. The van der Waals surface area contributed by atoms with Crippen molar-refractivity contribution in [3.05, 3.63) is 24.3 Å². The first-order chi connectivity index (χ1) is 8.17. The van der Waals surface area contributed by atoms with Gasteiger partial charge < -0.3 is 14.4 Å². The van der Waals surface area contributed by atoms with Gasteiger partial charge in [0, 0.05) is 19.3 Å². The fourth-order valence-corrected chi connectivity index (χ4v) is 1.46. The first kappa shape index (κ1) is 13.4. The van der Waals surface area contributed by atoms with Crippen LogP contribution < -0.4 is 9.64 Å². The van der Waals surface area contributed by atoms with E-state index in [-0.39, 0.29) is 5.97 Å². The maximum Gasteiger partial charge on any atom is 0.307 e. The van der Waals surface area contributed by atoms with Crippen LogP contribution in [0, 0.1) is 0 Å². The van der Waals surface area contributed by atoms with Gasteiger partial charge in [-0.1, -0.05) is 0 Å². The minimum absolute atomic E-state index is 0.159. The average molecular weight is 237 g/mol. The minimum Gasteiger partial charge on any atom is -0.497 e. The third-order valence-electron chi connectivity index (χ3n) is 2.47. The van der Waals surface area contributed by atoms with E-state index in [2.05, 4.69) is 0 Å². The van der Waals surface area contributed by atoms with E-state index in [1.807, 2.05) is 43.1 Å². The zero-order valence-electron chi connectivity index (χ0n) is 10.6. The Morgan fingerprint density at radius 2 is 1.94 bits per heavy atom. The number of esters is 1. The third-order valence-corrected chi connectivity index (χ3v) is 2.47. The van der Waals surface area contributed by atoms with E-state index in [1.54, 1.807) is 7.11 Å². The van der Waals surface area contributed by atoms with Crippen LogP contribution in [0.1, 0.15) is 13.3 Å². The number of methoxy groups -OCH3 is 1.